The van der Waals surface area contributed by atoms with Gasteiger partial charge in [0.1, 0.15) is 17.9 Å². The SMILES string of the molecule is COC[C@]1(OC(C)n2ccc3ccccc3c2=O)COC[C@@H]1OP(=O)(O)OC. The zero-order chi connectivity index (χ0) is 20.4. The van der Waals surface area contributed by atoms with Crippen molar-refractivity contribution in [3.8, 4) is 0 Å². The Labute approximate surface area is 162 Å². The van der Waals surface area contributed by atoms with Crippen molar-refractivity contribution in [3.63, 3.8) is 0 Å². The summed E-state index contributed by atoms with van der Waals surface area (Å²) >= 11 is 0. The van der Waals surface area contributed by atoms with Gasteiger partial charge in [-0.2, -0.15) is 0 Å². The lowest BCUT2D eigenvalue weighted by molar-refractivity contribution is -0.177. The van der Waals surface area contributed by atoms with Crippen molar-refractivity contribution >= 4 is 18.6 Å². The number of hydrogen-bond donors (Lipinski definition) is 1. The lowest BCUT2D eigenvalue weighted by Crippen LogP contribution is -2.50. The van der Waals surface area contributed by atoms with E-state index in [2.05, 4.69) is 4.52 Å². The summed E-state index contributed by atoms with van der Waals surface area (Å²) in [7, 11) is -1.72. The zero-order valence-electron chi connectivity index (χ0n) is 15.9. The molecule has 2 aromatic rings. The van der Waals surface area contributed by atoms with Crippen LogP contribution in [0.4, 0.5) is 0 Å². The largest absolute Gasteiger partial charge is 0.472 e. The average Bonchev–Trinajstić information content (AvgIpc) is 3.03. The van der Waals surface area contributed by atoms with Crippen LogP contribution < -0.4 is 5.56 Å². The Balaban J connectivity index is 1.91. The Morgan fingerprint density at radius 3 is 2.82 bits per heavy atom. The summed E-state index contributed by atoms with van der Waals surface area (Å²) in [5.74, 6) is 0. The van der Waals surface area contributed by atoms with Gasteiger partial charge in [-0.1, -0.05) is 18.2 Å². The number of phosphoric acid groups is 1. The van der Waals surface area contributed by atoms with Crippen LogP contribution in [0.3, 0.4) is 0 Å². The number of phosphoric ester groups is 1. The molecule has 0 saturated carbocycles. The molecule has 1 aromatic heterocycles. The number of nitrogens with zero attached hydrogens (tertiary/aromatic N) is 1. The monoisotopic (exact) mass is 413 g/mol. The van der Waals surface area contributed by atoms with E-state index in [4.69, 9.17) is 18.7 Å². The lowest BCUT2D eigenvalue weighted by atomic mass is 10.0. The van der Waals surface area contributed by atoms with Gasteiger partial charge in [0.25, 0.3) is 5.56 Å². The molecule has 0 spiro atoms. The number of pyridine rings is 1. The summed E-state index contributed by atoms with van der Waals surface area (Å²) in [5, 5.41) is 1.39. The summed E-state index contributed by atoms with van der Waals surface area (Å²) in [6.45, 7) is 1.84. The highest BCUT2D eigenvalue weighted by Gasteiger charge is 2.50. The molecule has 1 aliphatic heterocycles. The molecule has 1 saturated heterocycles. The first-order valence-corrected chi connectivity index (χ1v) is 10.2. The molecule has 154 valence electrons. The maximum atomic E-state index is 12.8. The van der Waals surface area contributed by atoms with E-state index in [-0.39, 0.29) is 25.4 Å². The van der Waals surface area contributed by atoms with Crippen molar-refractivity contribution in [2.24, 2.45) is 0 Å². The number of fused-ring (bicyclic) bond motifs is 1. The first-order chi connectivity index (χ1) is 13.3. The van der Waals surface area contributed by atoms with Gasteiger partial charge >= 0.3 is 7.82 Å². The van der Waals surface area contributed by atoms with Crippen molar-refractivity contribution in [2.75, 3.05) is 34.0 Å². The van der Waals surface area contributed by atoms with Crippen molar-refractivity contribution in [3.05, 3.63) is 46.9 Å². The maximum absolute atomic E-state index is 12.8. The van der Waals surface area contributed by atoms with E-state index in [1.165, 1.54) is 11.7 Å². The minimum absolute atomic E-state index is 0.0244. The van der Waals surface area contributed by atoms with Gasteiger partial charge in [-0.3, -0.25) is 18.4 Å². The minimum Gasteiger partial charge on any atom is -0.381 e. The number of benzene rings is 1. The van der Waals surface area contributed by atoms with E-state index in [9.17, 15) is 14.3 Å². The van der Waals surface area contributed by atoms with Crippen LogP contribution in [0.15, 0.2) is 41.3 Å². The third kappa shape index (κ3) is 4.21. The topological polar surface area (TPSA) is 105 Å². The molecule has 2 heterocycles. The molecule has 0 amide bonds. The van der Waals surface area contributed by atoms with Crippen LogP contribution in [-0.4, -0.2) is 55.2 Å². The summed E-state index contributed by atoms with van der Waals surface area (Å²) in [6.07, 6.45) is 0.0238. The maximum Gasteiger partial charge on any atom is 0.472 e. The third-order valence-electron chi connectivity index (χ3n) is 4.72. The molecular weight excluding hydrogens is 389 g/mol. The Hall–Kier alpha value is -1.58. The fourth-order valence-electron chi connectivity index (χ4n) is 3.32. The smallest absolute Gasteiger partial charge is 0.381 e. The van der Waals surface area contributed by atoms with E-state index in [1.54, 1.807) is 25.3 Å². The highest BCUT2D eigenvalue weighted by Crippen LogP contribution is 2.47. The molecule has 0 aliphatic carbocycles. The first-order valence-electron chi connectivity index (χ1n) is 8.73. The highest BCUT2D eigenvalue weighted by atomic mass is 31.2. The van der Waals surface area contributed by atoms with Crippen molar-refractivity contribution < 1.29 is 32.7 Å². The highest BCUT2D eigenvalue weighted by molar-refractivity contribution is 7.47. The van der Waals surface area contributed by atoms with Crippen LogP contribution in [0.25, 0.3) is 10.8 Å². The third-order valence-corrected chi connectivity index (χ3v) is 5.70. The summed E-state index contributed by atoms with van der Waals surface area (Å²) in [6, 6.07) is 9.09. The summed E-state index contributed by atoms with van der Waals surface area (Å²) in [5.41, 5.74) is -1.39. The average molecular weight is 413 g/mol. The number of hydrogen-bond acceptors (Lipinski definition) is 7. The molecule has 10 heteroatoms. The van der Waals surface area contributed by atoms with E-state index in [1.807, 2.05) is 18.2 Å². The van der Waals surface area contributed by atoms with E-state index < -0.39 is 25.8 Å². The predicted molar refractivity (Wildman–Crippen MR) is 101 cm³/mol. The minimum atomic E-state index is -4.27. The molecule has 1 N–H and O–H groups in total. The number of methoxy groups -OCH3 is 1. The zero-order valence-corrected chi connectivity index (χ0v) is 16.8. The molecule has 0 bridgehead atoms. The van der Waals surface area contributed by atoms with Gasteiger partial charge in [-0.25, -0.2) is 4.57 Å². The summed E-state index contributed by atoms with van der Waals surface area (Å²) in [4.78, 5) is 22.5. The van der Waals surface area contributed by atoms with Gasteiger partial charge in [0, 0.05) is 25.8 Å². The Morgan fingerprint density at radius 1 is 1.36 bits per heavy atom. The Kier molecular flexibility index (Phi) is 6.36. The fraction of sp³-hybridized carbons (Fsp3) is 0.500. The van der Waals surface area contributed by atoms with Crippen molar-refractivity contribution in [2.45, 2.75) is 24.9 Å². The summed E-state index contributed by atoms with van der Waals surface area (Å²) < 4.78 is 39.9. The van der Waals surface area contributed by atoms with Crippen LogP contribution in [0.5, 0.6) is 0 Å². The molecule has 0 radical (unpaired) electrons. The normalized spacial score (nSPS) is 25.6. The molecular formula is C18H24NO8P. The van der Waals surface area contributed by atoms with Gasteiger partial charge < -0.3 is 19.1 Å². The van der Waals surface area contributed by atoms with Gasteiger partial charge in [0.2, 0.25) is 0 Å². The van der Waals surface area contributed by atoms with E-state index in [0.717, 1.165) is 12.5 Å². The number of aromatic nitrogens is 1. The molecule has 9 nitrogen and oxygen atoms in total. The molecule has 4 atom stereocenters. The fourth-order valence-corrected chi connectivity index (χ4v) is 3.98. The van der Waals surface area contributed by atoms with Crippen LogP contribution in [0, 0.1) is 0 Å². The van der Waals surface area contributed by atoms with E-state index in [0.29, 0.717) is 5.39 Å². The second-order valence-electron chi connectivity index (χ2n) is 6.59. The standard InChI is InChI=1S/C18H24NO8P/c1-13(19-9-8-14-6-4-5-7-15(14)17(19)20)26-18(11-23-2)12-25-10-16(18)27-28(21,22)24-3/h4-9,13,16H,10-12H2,1-3H3,(H,21,22)/t13?,16-,18-/m0/s1. The van der Waals surface area contributed by atoms with Crippen LogP contribution in [0.2, 0.25) is 0 Å². The quantitative estimate of drug-likeness (QED) is 0.656. The number of ether oxygens (including phenoxy) is 3. The lowest BCUT2D eigenvalue weighted by Gasteiger charge is -2.36. The van der Waals surface area contributed by atoms with Crippen molar-refractivity contribution in [1.82, 2.24) is 4.57 Å². The Bertz CT molecular complexity index is 931. The van der Waals surface area contributed by atoms with Crippen LogP contribution >= 0.6 is 7.82 Å². The molecule has 3 rings (SSSR count). The predicted octanol–water partition coefficient (Wildman–Crippen LogP) is 2.08. The number of rotatable bonds is 8. The van der Waals surface area contributed by atoms with Gasteiger partial charge in [0.05, 0.1) is 19.8 Å². The Morgan fingerprint density at radius 2 is 2.11 bits per heavy atom. The van der Waals surface area contributed by atoms with Crippen LogP contribution in [0.1, 0.15) is 13.2 Å². The molecule has 1 fully saturated rings. The first kappa shape index (κ1) is 21.1. The molecule has 1 aromatic carbocycles. The van der Waals surface area contributed by atoms with Gasteiger partial charge in [0.15, 0.2) is 0 Å². The molecule has 2 unspecified atom stereocenters. The molecule has 1 aliphatic rings. The van der Waals surface area contributed by atoms with Gasteiger partial charge in [-0.05, 0) is 24.4 Å². The van der Waals surface area contributed by atoms with Gasteiger partial charge in [-0.15, -0.1) is 0 Å². The second-order valence-corrected chi connectivity index (χ2v) is 8.10. The second kappa shape index (κ2) is 8.42. The van der Waals surface area contributed by atoms with E-state index >= 15 is 0 Å². The molecule has 28 heavy (non-hydrogen) atoms. The van der Waals surface area contributed by atoms with Crippen LogP contribution in [-0.2, 0) is 27.8 Å². The van der Waals surface area contributed by atoms with Crippen molar-refractivity contribution in [1.29, 1.82) is 0 Å².